The SMILES string of the molecule is O=C(COC(=O)C1CC=CCC1)Nc1cc(C(F)(F)F)ccc1Cl. The van der Waals surface area contributed by atoms with Gasteiger partial charge in [-0.05, 0) is 37.5 Å². The average molecular weight is 362 g/mol. The maximum Gasteiger partial charge on any atom is 0.416 e. The van der Waals surface area contributed by atoms with Gasteiger partial charge in [0.1, 0.15) is 0 Å². The summed E-state index contributed by atoms with van der Waals surface area (Å²) >= 11 is 5.78. The van der Waals surface area contributed by atoms with Crippen LogP contribution in [0, 0.1) is 5.92 Å². The molecule has 1 aromatic carbocycles. The van der Waals surface area contributed by atoms with Crippen LogP contribution in [0.3, 0.4) is 0 Å². The van der Waals surface area contributed by atoms with Gasteiger partial charge in [0, 0.05) is 0 Å². The van der Waals surface area contributed by atoms with Gasteiger partial charge in [-0.2, -0.15) is 13.2 Å². The minimum absolute atomic E-state index is 0.0416. The molecule has 1 atom stereocenters. The molecule has 0 radical (unpaired) electrons. The summed E-state index contributed by atoms with van der Waals surface area (Å²) in [4.78, 5) is 23.6. The Hall–Kier alpha value is -2.02. The smallest absolute Gasteiger partial charge is 0.416 e. The van der Waals surface area contributed by atoms with Crippen LogP contribution in [0.15, 0.2) is 30.4 Å². The van der Waals surface area contributed by atoms with E-state index in [0.29, 0.717) is 12.8 Å². The number of carbonyl (C=O) groups is 2. The second kappa shape index (κ2) is 7.70. The third-order valence-electron chi connectivity index (χ3n) is 3.52. The molecule has 0 bridgehead atoms. The van der Waals surface area contributed by atoms with Crippen LogP contribution >= 0.6 is 11.6 Å². The lowest BCUT2D eigenvalue weighted by atomic mass is 9.95. The Morgan fingerprint density at radius 2 is 2.04 bits per heavy atom. The van der Waals surface area contributed by atoms with Crippen molar-refractivity contribution < 1.29 is 27.5 Å². The van der Waals surface area contributed by atoms with E-state index < -0.39 is 30.2 Å². The number of esters is 1. The van der Waals surface area contributed by atoms with Crippen molar-refractivity contribution in [2.45, 2.75) is 25.4 Å². The van der Waals surface area contributed by atoms with Gasteiger partial charge >= 0.3 is 12.1 Å². The summed E-state index contributed by atoms with van der Waals surface area (Å²) in [7, 11) is 0. The van der Waals surface area contributed by atoms with Gasteiger partial charge in [0.05, 0.1) is 22.2 Å². The molecule has 0 saturated heterocycles. The number of rotatable bonds is 4. The van der Waals surface area contributed by atoms with Gasteiger partial charge in [0.25, 0.3) is 5.91 Å². The van der Waals surface area contributed by atoms with E-state index >= 15 is 0 Å². The molecule has 0 aliphatic heterocycles. The fourth-order valence-corrected chi connectivity index (χ4v) is 2.41. The summed E-state index contributed by atoms with van der Waals surface area (Å²) in [5.41, 5.74) is -1.12. The van der Waals surface area contributed by atoms with E-state index in [4.69, 9.17) is 16.3 Å². The van der Waals surface area contributed by atoms with Crippen molar-refractivity contribution in [2.24, 2.45) is 5.92 Å². The zero-order valence-corrected chi connectivity index (χ0v) is 13.3. The van der Waals surface area contributed by atoms with Gasteiger partial charge in [-0.15, -0.1) is 0 Å². The number of nitrogens with one attached hydrogen (secondary N) is 1. The van der Waals surface area contributed by atoms with E-state index in [1.807, 2.05) is 12.2 Å². The molecule has 1 aliphatic carbocycles. The predicted molar refractivity (Wildman–Crippen MR) is 82.5 cm³/mol. The van der Waals surface area contributed by atoms with Crippen LogP contribution in [0.2, 0.25) is 5.02 Å². The maximum absolute atomic E-state index is 12.7. The second-order valence-corrected chi connectivity index (χ2v) is 5.74. The Labute approximate surface area is 141 Å². The summed E-state index contributed by atoms with van der Waals surface area (Å²) in [5, 5.41) is 2.18. The van der Waals surface area contributed by atoms with E-state index in [0.717, 1.165) is 24.6 Å². The highest BCUT2D eigenvalue weighted by Crippen LogP contribution is 2.33. The lowest BCUT2D eigenvalue weighted by Gasteiger charge is -2.16. The van der Waals surface area contributed by atoms with Gasteiger partial charge in [-0.1, -0.05) is 23.8 Å². The lowest BCUT2D eigenvalue weighted by Crippen LogP contribution is -2.25. The number of ether oxygens (including phenoxy) is 1. The summed E-state index contributed by atoms with van der Waals surface area (Å²) in [6.07, 6.45) is 1.26. The first-order chi connectivity index (χ1) is 11.3. The summed E-state index contributed by atoms with van der Waals surface area (Å²) < 4.78 is 42.9. The lowest BCUT2D eigenvalue weighted by molar-refractivity contribution is -0.151. The molecule has 1 N–H and O–H groups in total. The summed E-state index contributed by atoms with van der Waals surface area (Å²) in [6, 6.07) is 2.59. The average Bonchev–Trinajstić information content (AvgIpc) is 2.54. The minimum atomic E-state index is -4.55. The Morgan fingerprint density at radius 1 is 1.29 bits per heavy atom. The van der Waals surface area contributed by atoms with E-state index in [9.17, 15) is 22.8 Å². The van der Waals surface area contributed by atoms with Crippen LogP contribution in [0.1, 0.15) is 24.8 Å². The van der Waals surface area contributed by atoms with Crippen LogP contribution in [-0.4, -0.2) is 18.5 Å². The molecule has 2 rings (SSSR count). The van der Waals surface area contributed by atoms with Gasteiger partial charge in [-0.3, -0.25) is 9.59 Å². The maximum atomic E-state index is 12.7. The van der Waals surface area contributed by atoms with Crippen LogP contribution in [0.25, 0.3) is 0 Å². The Kier molecular flexibility index (Phi) is 5.88. The fraction of sp³-hybridized carbons (Fsp3) is 0.375. The number of alkyl halides is 3. The first kappa shape index (κ1) is 18.3. The molecule has 4 nitrogen and oxygen atoms in total. The van der Waals surface area contributed by atoms with Gasteiger partial charge < -0.3 is 10.1 Å². The quantitative estimate of drug-likeness (QED) is 0.646. The molecule has 0 spiro atoms. The minimum Gasteiger partial charge on any atom is -0.455 e. The molecular weight excluding hydrogens is 347 g/mol. The third-order valence-corrected chi connectivity index (χ3v) is 3.85. The second-order valence-electron chi connectivity index (χ2n) is 5.33. The van der Waals surface area contributed by atoms with Crippen molar-refractivity contribution in [3.63, 3.8) is 0 Å². The van der Waals surface area contributed by atoms with Crippen molar-refractivity contribution in [1.29, 1.82) is 0 Å². The van der Waals surface area contributed by atoms with Crippen LogP contribution in [0.4, 0.5) is 18.9 Å². The van der Waals surface area contributed by atoms with Crippen molar-refractivity contribution in [1.82, 2.24) is 0 Å². The Morgan fingerprint density at radius 3 is 2.67 bits per heavy atom. The first-order valence-corrected chi connectivity index (χ1v) is 7.63. The molecule has 1 aliphatic rings. The van der Waals surface area contributed by atoms with Crippen molar-refractivity contribution in [2.75, 3.05) is 11.9 Å². The highest BCUT2D eigenvalue weighted by atomic mass is 35.5. The van der Waals surface area contributed by atoms with E-state index in [-0.39, 0.29) is 16.6 Å². The first-order valence-electron chi connectivity index (χ1n) is 7.25. The van der Waals surface area contributed by atoms with Crippen molar-refractivity contribution >= 4 is 29.2 Å². The summed E-state index contributed by atoms with van der Waals surface area (Å²) in [6.45, 7) is -0.578. The van der Waals surface area contributed by atoms with E-state index in [1.54, 1.807) is 0 Å². The zero-order valence-electron chi connectivity index (χ0n) is 12.5. The molecule has 24 heavy (non-hydrogen) atoms. The monoisotopic (exact) mass is 361 g/mol. The molecular formula is C16H15ClF3NO3. The zero-order chi connectivity index (χ0) is 17.7. The molecule has 1 unspecified atom stereocenters. The number of amides is 1. The van der Waals surface area contributed by atoms with Gasteiger partial charge in [0.2, 0.25) is 0 Å². The Bertz CT molecular complexity index is 658. The van der Waals surface area contributed by atoms with E-state index in [1.165, 1.54) is 0 Å². The molecule has 0 saturated carbocycles. The molecule has 1 amide bonds. The van der Waals surface area contributed by atoms with Gasteiger partial charge in [-0.25, -0.2) is 0 Å². The fourth-order valence-electron chi connectivity index (χ4n) is 2.25. The molecule has 130 valence electrons. The number of allylic oxidation sites excluding steroid dienone is 2. The number of hydrogen-bond donors (Lipinski definition) is 1. The molecule has 8 heteroatoms. The highest BCUT2D eigenvalue weighted by molar-refractivity contribution is 6.33. The van der Waals surface area contributed by atoms with Crippen LogP contribution in [-0.2, 0) is 20.5 Å². The summed E-state index contributed by atoms with van der Waals surface area (Å²) in [5.74, 6) is -1.54. The number of halogens is 4. The molecule has 0 heterocycles. The van der Waals surface area contributed by atoms with Crippen molar-refractivity contribution in [3.8, 4) is 0 Å². The van der Waals surface area contributed by atoms with Crippen LogP contribution in [0.5, 0.6) is 0 Å². The largest absolute Gasteiger partial charge is 0.455 e. The predicted octanol–water partition coefficient (Wildman–Crippen LogP) is 4.20. The standard InChI is InChI=1S/C16H15ClF3NO3/c17-12-7-6-11(16(18,19)20)8-13(12)21-14(22)9-24-15(23)10-4-2-1-3-5-10/h1-2,6-8,10H,3-5,9H2,(H,21,22). The Balaban J connectivity index is 1.92. The third kappa shape index (κ3) is 4.99. The normalized spacial score (nSPS) is 17.4. The number of anilines is 1. The topological polar surface area (TPSA) is 55.4 Å². The number of hydrogen-bond acceptors (Lipinski definition) is 3. The molecule has 0 fully saturated rings. The number of carbonyl (C=O) groups excluding carboxylic acids is 2. The highest BCUT2D eigenvalue weighted by Gasteiger charge is 2.31. The van der Waals surface area contributed by atoms with Gasteiger partial charge in [0.15, 0.2) is 6.61 Å². The van der Waals surface area contributed by atoms with Crippen LogP contribution < -0.4 is 5.32 Å². The number of benzene rings is 1. The van der Waals surface area contributed by atoms with Crippen molar-refractivity contribution in [3.05, 3.63) is 40.9 Å². The van der Waals surface area contributed by atoms with E-state index in [2.05, 4.69) is 5.32 Å². The molecule has 0 aromatic heterocycles. The molecule has 1 aromatic rings.